The minimum Gasteiger partial charge on any atom is -0.395 e. The zero-order chi connectivity index (χ0) is 18.4. The highest BCUT2D eigenvalue weighted by molar-refractivity contribution is 7.15. The third-order valence-electron chi connectivity index (χ3n) is 5.66. The molecule has 2 aliphatic heterocycles. The molecule has 140 valence electrons. The number of hydrogen-bond acceptors (Lipinski definition) is 6. The molecule has 0 unspecified atom stereocenters. The molecule has 2 aromatic heterocycles. The van der Waals surface area contributed by atoms with Crippen LogP contribution in [0.4, 0.5) is 0 Å². The van der Waals surface area contributed by atoms with Crippen LogP contribution in [0.1, 0.15) is 18.5 Å². The predicted molar refractivity (Wildman–Crippen MR) is 104 cm³/mol. The van der Waals surface area contributed by atoms with E-state index >= 15 is 0 Å². The summed E-state index contributed by atoms with van der Waals surface area (Å²) in [7, 11) is 0. The maximum atomic E-state index is 12.8. The molecule has 2 fully saturated rings. The molecule has 2 aliphatic rings. The van der Waals surface area contributed by atoms with Crippen LogP contribution in [-0.2, 0) is 11.3 Å². The van der Waals surface area contributed by atoms with Gasteiger partial charge in [0, 0.05) is 36.7 Å². The number of rotatable bonds is 4. The number of aliphatic hydroxyl groups is 1. The van der Waals surface area contributed by atoms with Crippen LogP contribution < -0.4 is 5.56 Å². The summed E-state index contributed by atoms with van der Waals surface area (Å²) in [6.07, 6.45) is 2.01. The van der Waals surface area contributed by atoms with Crippen LogP contribution in [0.25, 0.3) is 16.2 Å². The Kier molecular flexibility index (Phi) is 4.32. The molecular weight excluding hydrogens is 362 g/mol. The zero-order valence-electron chi connectivity index (χ0n) is 14.8. The van der Waals surface area contributed by atoms with Crippen molar-refractivity contribution in [3.63, 3.8) is 0 Å². The average molecular weight is 383 g/mol. The Balaban J connectivity index is 1.49. The van der Waals surface area contributed by atoms with E-state index in [0.29, 0.717) is 17.5 Å². The second-order valence-corrected chi connectivity index (χ2v) is 8.04. The molecule has 0 amide bonds. The van der Waals surface area contributed by atoms with Gasteiger partial charge in [-0.2, -0.15) is 0 Å². The SMILES string of the molecule is O=c1cc(CN2[C@H](CO)C[C@@H]3OCC[C@@H]32)nc2scc(-c3ccccc3)n12. The lowest BCUT2D eigenvalue weighted by Gasteiger charge is -2.27. The van der Waals surface area contributed by atoms with Crippen molar-refractivity contribution >= 4 is 16.3 Å². The average Bonchev–Trinajstić information content (AvgIpc) is 3.38. The minimum absolute atomic E-state index is 0.0610. The Morgan fingerprint density at radius 3 is 2.96 bits per heavy atom. The maximum Gasteiger partial charge on any atom is 0.259 e. The van der Waals surface area contributed by atoms with Gasteiger partial charge in [-0.15, -0.1) is 11.3 Å². The fourth-order valence-electron chi connectivity index (χ4n) is 4.38. The van der Waals surface area contributed by atoms with E-state index in [9.17, 15) is 9.90 Å². The third-order valence-corrected chi connectivity index (χ3v) is 6.48. The van der Waals surface area contributed by atoms with Crippen LogP contribution in [0.5, 0.6) is 0 Å². The van der Waals surface area contributed by atoms with Crippen molar-refractivity contribution in [1.82, 2.24) is 14.3 Å². The fraction of sp³-hybridized carbons (Fsp3) is 0.400. The monoisotopic (exact) mass is 383 g/mol. The number of fused-ring (bicyclic) bond motifs is 2. The van der Waals surface area contributed by atoms with Gasteiger partial charge in [0.05, 0.1) is 24.1 Å². The number of thiazole rings is 1. The van der Waals surface area contributed by atoms with Crippen molar-refractivity contribution in [3.8, 4) is 11.3 Å². The predicted octanol–water partition coefficient (Wildman–Crippen LogP) is 2.15. The first kappa shape index (κ1) is 17.1. The lowest BCUT2D eigenvalue weighted by molar-refractivity contribution is 0.105. The van der Waals surface area contributed by atoms with Gasteiger partial charge in [-0.1, -0.05) is 30.3 Å². The molecule has 27 heavy (non-hydrogen) atoms. The molecule has 4 heterocycles. The summed E-state index contributed by atoms with van der Waals surface area (Å²) in [5.41, 5.74) is 2.58. The number of likely N-dealkylation sites (tertiary alicyclic amines) is 1. The molecule has 1 aromatic carbocycles. The van der Waals surface area contributed by atoms with Crippen molar-refractivity contribution in [1.29, 1.82) is 0 Å². The number of nitrogens with zero attached hydrogens (tertiary/aromatic N) is 3. The summed E-state index contributed by atoms with van der Waals surface area (Å²) in [5.74, 6) is 0. The van der Waals surface area contributed by atoms with Crippen molar-refractivity contribution < 1.29 is 9.84 Å². The summed E-state index contributed by atoms with van der Waals surface area (Å²) in [5, 5.41) is 11.7. The highest BCUT2D eigenvalue weighted by atomic mass is 32.1. The van der Waals surface area contributed by atoms with Crippen LogP contribution in [0.3, 0.4) is 0 Å². The van der Waals surface area contributed by atoms with E-state index in [-0.39, 0.29) is 24.3 Å². The molecule has 6 nitrogen and oxygen atoms in total. The van der Waals surface area contributed by atoms with Crippen LogP contribution in [-0.4, -0.2) is 50.8 Å². The number of benzene rings is 1. The molecule has 2 saturated heterocycles. The molecular formula is C20H21N3O3S. The van der Waals surface area contributed by atoms with Gasteiger partial charge in [-0.3, -0.25) is 14.1 Å². The molecule has 3 atom stereocenters. The van der Waals surface area contributed by atoms with Crippen LogP contribution in [0, 0.1) is 0 Å². The van der Waals surface area contributed by atoms with E-state index in [0.717, 1.165) is 36.4 Å². The first-order valence-electron chi connectivity index (χ1n) is 9.28. The van der Waals surface area contributed by atoms with Crippen LogP contribution >= 0.6 is 11.3 Å². The molecule has 5 rings (SSSR count). The van der Waals surface area contributed by atoms with Crippen molar-refractivity contribution in [2.24, 2.45) is 0 Å². The topological polar surface area (TPSA) is 67.1 Å². The maximum absolute atomic E-state index is 12.8. The smallest absolute Gasteiger partial charge is 0.259 e. The van der Waals surface area contributed by atoms with Gasteiger partial charge >= 0.3 is 0 Å². The zero-order valence-corrected chi connectivity index (χ0v) is 15.6. The summed E-state index contributed by atoms with van der Waals surface area (Å²) >= 11 is 1.48. The Morgan fingerprint density at radius 2 is 2.15 bits per heavy atom. The van der Waals surface area contributed by atoms with Gasteiger partial charge < -0.3 is 9.84 Å². The second kappa shape index (κ2) is 6.83. The van der Waals surface area contributed by atoms with E-state index in [1.54, 1.807) is 10.5 Å². The molecule has 0 spiro atoms. The standard InChI is InChI=1S/C20H21N3O3S/c24-11-15-9-18-16(6-7-26-18)22(15)10-14-8-19(25)23-17(12-27-20(23)21-14)13-4-2-1-3-5-13/h1-5,8,12,15-16,18,24H,6-7,9-11H2/t15-,16-,18-/m0/s1. The number of ether oxygens (including phenoxy) is 1. The number of hydrogen-bond donors (Lipinski definition) is 1. The molecule has 0 saturated carbocycles. The summed E-state index contributed by atoms with van der Waals surface area (Å²) < 4.78 is 7.47. The second-order valence-electron chi connectivity index (χ2n) is 7.20. The molecule has 0 radical (unpaired) electrons. The highest BCUT2D eigenvalue weighted by Gasteiger charge is 2.44. The minimum atomic E-state index is -0.0610. The van der Waals surface area contributed by atoms with Crippen molar-refractivity contribution in [2.45, 2.75) is 37.6 Å². The van der Waals surface area contributed by atoms with E-state index in [4.69, 9.17) is 9.72 Å². The molecule has 3 aromatic rings. The lowest BCUT2D eigenvalue weighted by atomic mass is 10.1. The van der Waals surface area contributed by atoms with Crippen molar-refractivity contribution in [3.05, 3.63) is 57.8 Å². The van der Waals surface area contributed by atoms with Crippen molar-refractivity contribution in [2.75, 3.05) is 13.2 Å². The molecule has 0 aliphatic carbocycles. The van der Waals surface area contributed by atoms with E-state index < -0.39 is 0 Å². The Morgan fingerprint density at radius 1 is 1.30 bits per heavy atom. The normalized spacial score (nSPS) is 25.3. The van der Waals surface area contributed by atoms with E-state index in [2.05, 4.69) is 4.90 Å². The van der Waals surface area contributed by atoms with E-state index in [1.165, 1.54) is 11.3 Å². The van der Waals surface area contributed by atoms with Gasteiger partial charge in [0.1, 0.15) is 0 Å². The van der Waals surface area contributed by atoms with Crippen LogP contribution in [0.15, 0.2) is 46.6 Å². The molecule has 7 heteroatoms. The fourth-order valence-corrected chi connectivity index (χ4v) is 5.31. The number of aliphatic hydroxyl groups excluding tert-OH is 1. The largest absolute Gasteiger partial charge is 0.395 e. The van der Waals surface area contributed by atoms with Crippen LogP contribution in [0.2, 0.25) is 0 Å². The number of aromatic nitrogens is 2. The quantitative estimate of drug-likeness (QED) is 0.748. The van der Waals surface area contributed by atoms with E-state index in [1.807, 2.05) is 35.7 Å². The summed E-state index contributed by atoms with van der Waals surface area (Å²) in [6.45, 7) is 1.44. The first-order chi connectivity index (χ1) is 13.2. The van der Waals surface area contributed by atoms with Gasteiger partial charge in [-0.05, 0) is 18.4 Å². The first-order valence-corrected chi connectivity index (χ1v) is 10.2. The molecule has 0 bridgehead atoms. The highest BCUT2D eigenvalue weighted by Crippen LogP contribution is 2.34. The lowest BCUT2D eigenvalue weighted by Crippen LogP contribution is -2.38. The van der Waals surface area contributed by atoms with Gasteiger partial charge in [0.15, 0.2) is 4.96 Å². The summed E-state index contributed by atoms with van der Waals surface area (Å²) in [6, 6.07) is 11.9. The van der Waals surface area contributed by atoms with Gasteiger partial charge in [-0.25, -0.2) is 4.98 Å². The van der Waals surface area contributed by atoms with Gasteiger partial charge in [0.2, 0.25) is 0 Å². The van der Waals surface area contributed by atoms with Gasteiger partial charge in [0.25, 0.3) is 5.56 Å². The Bertz CT molecular complexity index is 1020. The third kappa shape index (κ3) is 2.91. The Labute approximate surface area is 160 Å². The molecule has 1 N–H and O–H groups in total. The Hall–Kier alpha value is -2.06. The summed E-state index contributed by atoms with van der Waals surface area (Å²) in [4.78, 5) is 20.6.